The Balaban J connectivity index is 2.97. The lowest BCUT2D eigenvalue weighted by atomic mass is 10.1. The fourth-order valence-corrected chi connectivity index (χ4v) is 1.83. The van der Waals surface area contributed by atoms with E-state index in [1.54, 1.807) is 6.07 Å². The molecule has 0 saturated carbocycles. The van der Waals surface area contributed by atoms with Gasteiger partial charge in [0.25, 0.3) is 0 Å². The Kier molecular flexibility index (Phi) is 5.72. The number of nitrogens with two attached hydrogens (primary N) is 1. The van der Waals surface area contributed by atoms with Crippen molar-refractivity contribution in [2.45, 2.75) is 26.4 Å². The van der Waals surface area contributed by atoms with E-state index in [9.17, 15) is 4.39 Å². The molecular weight excluding hydrogens is 249 g/mol. The van der Waals surface area contributed by atoms with Gasteiger partial charge in [-0.05, 0) is 37.6 Å². The molecule has 0 aliphatic carbocycles. The highest BCUT2D eigenvalue weighted by atomic mass is 19.1. The van der Waals surface area contributed by atoms with Gasteiger partial charge in [0.2, 0.25) is 0 Å². The van der Waals surface area contributed by atoms with E-state index in [0.29, 0.717) is 24.2 Å². The van der Waals surface area contributed by atoms with Gasteiger partial charge in [0, 0.05) is 24.7 Å². The van der Waals surface area contributed by atoms with Gasteiger partial charge in [-0.25, -0.2) is 4.39 Å². The van der Waals surface area contributed by atoms with Gasteiger partial charge in [-0.1, -0.05) is 5.16 Å². The molecule has 19 heavy (non-hydrogen) atoms. The first-order valence-electron chi connectivity index (χ1n) is 6.10. The molecule has 4 N–H and O–H groups in total. The molecule has 1 rings (SSSR count). The number of aliphatic hydroxyl groups excluding tert-OH is 1. The number of hydrogen-bond donors (Lipinski definition) is 3. The van der Waals surface area contributed by atoms with E-state index in [1.807, 2.05) is 18.7 Å². The summed E-state index contributed by atoms with van der Waals surface area (Å²) in [4.78, 5) is 2.00. The molecule has 106 valence electrons. The average Bonchev–Trinajstić information content (AvgIpc) is 2.36. The summed E-state index contributed by atoms with van der Waals surface area (Å²) in [6.07, 6.45) is 0. The van der Waals surface area contributed by atoms with Gasteiger partial charge >= 0.3 is 0 Å². The molecule has 0 unspecified atom stereocenters. The molecule has 0 bridgehead atoms. The monoisotopic (exact) mass is 269 g/mol. The number of halogens is 1. The Morgan fingerprint density at radius 2 is 2.11 bits per heavy atom. The predicted octanol–water partition coefficient (Wildman–Crippen LogP) is 1.12. The van der Waals surface area contributed by atoms with E-state index in [2.05, 4.69) is 5.16 Å². The number of aliphatic hydroxyl groups is 1. The topological polar surface area (TPSA) is 82.1 Å². The third-order valence-electron chi connectivity index (χ3n) is 2.86. The smallest absolute Gasteiger partial charge is 0.170 e. The molecule has 0 heterocycles. The standard InChI is InChI=1S/C13H20FN3O2/c1-9(2)17(3-4-18)8-10-5-11(13(15)16-19)7-12(14)6-10/h5-7,9,18-19H,3-4,8H2,1-2H3,(H2,15,16). The summed E-state index contributed by atoms with van der Waals surface area (Å²) < 4.78 is 13.5. The van der Waals surface area contributed by atoms with Crippen molar-refractivity contribution in [3.63, 3.8) is 0 Å². The third-order valence-corrected chi connectivity index (χ3v) is 2.86. The summed E-state index contributed by atoms with van der Waals surface area (Å²) in [5.41, 5.74) is 6.51. The summed E-state index contributed by atoms with van der Waals surface area (Å²) in [5, 5.41) is 20.5. The molecule has 0 aliphatic heterocycles. The van der Waals surface area contributed by atoms with Crippen LogP contribution in [0.1, 0.15) is 25.0 Å². The lowest BCUT2D eigenvalue weighted by Gasteiger charge is -2.25. The first-order valence-corrected chi connectivity index (χ1v) is 6.10. The average molecular weight is 269 g/mol. The van der Waals surface area contributed by atoms with Gasteiger partial charge in [-0.2, -0.15) is 0 Å². The highest BCUT2D eigenvalue weighted by Crippen LogP contribution is 2.13. The zero-order chi connectivity index (χ0) is 14.4. The van der Waals surface area contributed by atoms with Crippen LogP contribution in [0.4, 0.5) is 4.39 Å². The molecule has 0 fully saturated rings. The number of oxime groups is 1. The van der Waals surface area contributed by atoms with Crippen molar-refractivity contribution in [3.8, 4) is 0 Å². The minimum absolute atomic E-state index is 0.0423. The van der Waals surface area contributed by atoms with Crippen LogP contribution in [0.15, 0.2) is 23.4 Å². The van der Waals surface area contributed by atoms with E-state index >= 15 is 0 Å². The summed E-state index contributed by atoms with van der Waals surface area (Å²) in [6, 6.07) is 4.51. The summed E-state index contributed by atoms with van der Waals surface area (Å²) >= 11 is 0. The van der Waals surface area contributed by atoms with Gasteiger partial charge in [0.1, 0.15) is 5.82 Å². The van der Waals surface area contributed by atoms with Crippen molar-refractivity contribution in [1.82, 2.24) is 4.90 Å². The highest BCUT2D eigenvalue weighted by Gasteiger charge is 2.11. The van der Waals surface area contributed by atoms with Gasteiger partial charge in [0.15, 0.2) is 5.84 Å². The Labute approximate surface area is 112 Å². The van der Waals surface area contributed by atoms with Crippen molar-refractivity contribution in [2.24, 2.45) is 10.9 Å². The van der Waals surface area contributed by atoms with Gasteiger partial charge in [-0.3, -0.25) is 4.90 Å². The van der Waals surface area contributed by atoms with Crippen molar-refractivity contribution >= 4 is 5.84 Å². The number of benzene rings is 1. The zero-order valence-electron chi connectivity index (χ0n) is 11.2. The van der Waals surface area contributed by atoms with Crippen LogP contribution in [-0.4, -0.2) is 40.2 Å². The van der Waals surface area contributed by atoms with E-state index in [4.69, 9.17) is 16.0 Å². The second-order valence-electron chi connectivity index (χ2n) is 4.62. The van der Waals surface area contributed by atoms with E-state index in [0.717, 1.165) is 0 Å². The molecule has 0 spiro atoms. The van der Waals surface area contributed by atoms with Crippen LogP contribution in [0.3, 0.4) is 0 Å². The van der Waals surface area contributed by atoms with E-state index in [1.165, 1.54) is 12.1 Å². The van der Waals surface area contributed by atoms with E-state index < -0.39 is 5.82 Å². The Hall–Kier alpha value is -1.66. The van der Waals surface area contributed by atoms with Crippen molar-refractivity contribution in [1.29, 1.82) is 0 Å². The molecule has 0 radical (unpaired) electrons. The van der Waals surface area contributed by atoms with Gasteiger partial charge < -0.3 is 16.0 Å². The number of nitrogens with zero attached hydrogens (tertiary/aromatic N) is 2. The number of hydrogen-bond acceptors (Lipinski definition) is 4. The van der Waals surface area contributed by atoms with Crippen LogP contribution < -0.4 is 5.73 Å². The number of amidine groups is 1. The molecule has 0 saturated heterocycles. The van der Waals surface area contributed by atoms with Crippen molar-refractivity contribution < 1.29 is 14.7 Å². The summed E-state index contributed by atoms with van der Waals surface area (Å²) in [6.45, 7) is 5.04. The first-order chi connectivity index (χ1) is 8.97. The van der Waals surface area contributed by atoms with Crippen molar-refractivity contribution in [2.75, 3.05) is 13.2 Å². The SMILES string of the molecule is CC(C)N(CCO)Cc1cc(F)cc(/C(N)=N/O)c1. The molecule has 0 aromatic heterocycles. The Bertz CT molecular complexity index is 450. The summed E-state index contributed by atoms with van der Waals surface area (Å²) in [7, 11) is 0. The number of rotatable bonds is 6. The first kappa shape index (κ1) is 15.4. The highest BCUT2D eigenvalue weighted by molar-refractivity contribution is 5.97. The largest absolute Gasteiger partial charge is 0.409 e. The van der Waals surface area contributed by atoms with Crippen LogP contribution in [0, 0.1) is 5.82 Å². The molecule has 0 aliphatic rings. The Morgan fingerprint density at radius 1 is 1.42 bits per heavy atom. The maximum Gasteiger partial charge on any atom is 0.170 e. The van der Waals surface area contributed by atoms with E-state index in [-0.39, 0.29) is 18.5 Å². The van der Waals surface area contributed by atoms with Gasteiger partial charge in [0.05, 0.1) is 6.61 Å². The normalized spacial score (nSPS) is 12.4. The van der Waals surface area contributed by atoms with Gasteiger partial charge in [-0.15, -0.1) is 0 Å². The molecule has 5 nitrogen and oxygen atoms in total. The predicted molar refractivity (Wildman–Crippen MR) is 71.5 cm³/mol. The van der Waals surface area contributed by atoms with Crippen LogP contribution in [0.25, 0.3) is 0 Å². The minimum atomic E-state index is -0.438. The molecule has 0 atom stereocenters. The van der Waals surface area contributed by atoms with Crippen LogP contribution in [-0.2, 0) is 6.54 Å². The lowest BCUT2D eigenvalue weighted by Crippen LogP contribution is -2.33. The third kappa shape index (κ3) is 4.50. The summed E-state index contributed by atoms with van der Waals surface area (Å²) in [5.74, 6) is -0.564. The van der Waals surface area contributed by atoms with Crippen LogP contribution in [0.2, 0.25) is 0 Å². The maximum atomic E-state index is 13.5. The Morgan fingerprint density at radius 3 is 2.63 bits per heavy atom. The van der Waals surface area contributed by atoms with Crippen molar-refractivity contribution in [3.05, 3.63) is 35.1 Å². The quantitative estimate of drug-likeness (QED) is 0.313. The second-order valence-corrected chi connectivity index (χ2v) is 4.62. The molecule has 0 amide bonds. The lowest BCUT2D eigenvalue weighted by molar-refractivity contribution is 0.159. The molecule has 1 aromatic carbocycles. The molecule has 1 aromatic rings. The fraction of sp³-hybridized carbons (Fsp3) is 0.462. The maximum absolute atomic E-state index is 13.5. The van der Waals surface area contributed by atoms with Crippen LogP contribution in [0.5, 0.6) is 0 Å². The second kappa shape index (κ2) is 7.06. The minimum Gasteiger partial charge on any atom is -0.409 e. The zero-order valence-corrected chi connectivity index (χ0v) is 11.2. The van der Waals surface area contributed by atoms with Crippen LogP contribution >= 0.6 is 0 Å². The fourth-order valence-electron chi connectivity index (χ4n) is 1.83. The molecule has 6 heteroatoms. The molecular formula is C13H20FN3O2.